The van der Waals surface area contributed by atoms with Crippen LogP contribution in [0.2, 0.25) is 10.2 Å². The van der Waals surface area contributed by atoms with E-state index in [1.165, 1.54) is 0 Å². The van der Waals surface area contributed by atoms with Crippen LogP contribution >= 0.6 is 35.0 Å². The molecule has 150 valence electrons. The van der Waals surface area contributed by atoms with Gasteiger partial charge in [-0.05, 0) is 62.6 Å². The van der Waals surface area contributed by atoms with Crippen LogP contribution in [0, 0.1) is 0 Å². The third kappa shape index (κ3) is 5.41. The van der Waals surface area contributed by atoms with Crippen LogP contribution in [0.15, 0.2) is 35.4 Å². The Labute approximate surface area is 180 Å². The zero-order valence-electron chi connectivity index (χ0n) is 16.2. The van der Waals surface area contributed by atoms with Crippen LogP contribution in [0.25, 0.3) is 0 Å². The van der Waals surface area contributed by atoms with Crippen LogP contribution in [0.3, 0.4) is 0 Å². The molecule has 1 aromatic heterocycles. The minimum absolute atomic E-state index is 0.205. The summed E-state index contributed by atoms with van der Waals surface area (Å²) in [5.74, 6) is 0.180. The molecule has 0 bridgehead atoms. The summed E-state index contributed by atoms with van der Waals surface area (Å²) in [6, 6.07) is 7.59. The van der Waals surface area contributed by atoms with Crippen molar-refractivity contribution < 1.29 is 9.53 Å². The summed E-state index contributed by atoms with van der Waals surface area (Å²) in [5, 5.41) is 4.54. The molecular weight excluding hydrogens is 415 g/mol. The molecule has 0 spiro atoms. The molecule has 1 aromatic carbocycles. The van der Waals surface area contributed by atoms with E-state index in [1.807, 2.05) is 39.0 Å². The van der Waals surface area contributed by atoms with E-state index in [4.69, 9.17) is 27.9 Å². The number of fused-ring (bicyclic) bond motifs is 1. The molecule has 1 unspecified atom stereocenters. The van der Waals surface area contributed by atoms with Gasteiger partial charge in [-0.25, -0.2) is 4.98 Å². The standard InChI is InChI=1S/C21H24Cl2N2O2S/c1-21(2,3)27-20(26)16-11-24-9-8-15-14(16)5-6-17(22)19(15)28-12-13-4-7-18(23)25-10-13/h4-7,10,16,24H,8-9,11-12H2,1-3H3. The van der Waals surface area contributed by atoms with Crippen molar-refractivity contribution in [1.82, 2.24) is 10.3 Å². The second-order valence-electron chi connectivity index (χ2n) is 7.76. The highest BCUT2D eigenvalue weighted by molar-refractivity contribution is 7.98. The van der Waals surface area contributed by atoms with Gasteiger partial charge in [0.15, 0.2) is 0 Å². The molecule has 0 radical (unpaired) electrons. The number of pyridine rings is 1. The van der Waals surface area contributed by atoms with E-state index in [0.717, 1.165) is 40.3 Å². The molecule has 2 aromatic rings. The van der Waals surface area contributed by atoms with Gasteiger partial charge in [0.05, 0.1) is 10.9 Å². The van der Waals surface area contributed by atoms with Crippen molar-refractivity contribution in [3.8, 4) is 0 Å². The third-order valence-electron chi connectivity index (χ3n) is 4.39. The van der Waals surface area contributed by atoms with Crippen molar-refractivity contribution in [3.05, 3.63) is 57.3 Å². The maximum Gasteiger partial charge on any atom is 0.315 e. The number of carbonyl (C=O) groups is 1. The van der Waals surface area contributed by atoms with Gasteiger partial charge in [0.1, 0.15) is 10.8 Å². The van der Waals surface area contributed by atoms with E-state index >= 15 is 0 Å². The number of rotatable bonds is 4. The lowest BCUT2D eigenvalue weighted by Crippen LogP contribution is -2.32. The highest BCUT2D eigenvalue weighted by Crippen LogP contribution is 2.38. The smallest absolute Gasteiger partial charge is 0.315 e. The van der Waals surface area contributed by atoms with Crippen molar-refractivity contribution in [2.75, 3.05) is 13.1 Å². The van der Waals surface area contributed by atoms with Crippen LogP contribution in [-0.4, -0.2) is 29.6 Å². The van der Waals surface area contributed by atoms with Crippen molar-refractivity contribution in [1.29, 1.82) is 0 Å². The molecule has 28 heavy (non-hydrogen) atoms. The van der Waals surface area contributed by atoms with Crippen molar-refractivity contribution >= 4 is 40.9 Å². The molecule has 0 fully saturated rings. The fraction of sp³-hybridized carbons (Fsp3) is 0.429. The molecule has 1 atom stereocenters. The molecule has 7 heteroatoms. The first-order valence-electron chi connectivity index (χ1n) is 9.22. The monoisotopic (exact) mass is 438 g/mol. The van der Waals surface area contributed by atoms with E-state index in [1.54, 1.807) is 24.0 Å². The zero-order valence-corrected chi connectivity index (χ0v) is 18.5. The van der Waals surface area contributed by atoms with Gasteiger partial charge >= 0.3 is 5.97 Å². The average molecular weight is 439 g/mol. The van der Waals surface area contributed by atoms with Crippen LogP contribution in [0.4, 0.5) is 0 Å². The molecule has 0 amide bonds. The largest absolute Gasteiger partial charge is 0.459 e. The van der Waals surface area contributed by atoms with E-state index in [9.17, 15) is 4.79 Å². The molecule has 4 nitrogen and oxygen atoms in total. The number of nitrogens with zero attached hydrogens (tertiary/aromatic N) is 1. The van der Waals surface area contributed by atoms with Crippen LogP contribution in [-0.2, 0) is 21.7 Å². The summed E-state index contributed by atoms with van der Waals surface area (Å²) >= 11 is 14.1. The summed E-state index contributed by atoms with van der Waals surface area (Å²) in [7, 11) is 0. The second kappa shape index (κ2) is 9.04. The Hall–Kier alpha value is -1.27. The predicted molar refractivity (Wildman–Crippen MR) is 115 cm³/mol. The van der Waals surface area contributed by atoms with Crippen LogP contribution in [0.1, 0.15) is 43.4 Å². The quantitative estimate of drug-likeness (QED) is 0.401. The Balaban J connectivity index is 1.89. The lowest BCUT2D eigenvalue weighted by molar-refractivity contribution is -0.156. The average Bonchev–Trinajstić information content (AvgIpc) is 2.83. The molecule has 1 aliphatic heterocycles. The van der Waals surface area contributed by atoms with Crippen molar-refractivity contribution in [3.63, 3.8) is 0 Å². The van der Waals surface area contributed by atoms with Gasteiger partial charge in [-0.15, -0.1) is 11.8 Å². The molecule has 0 aliphatic carbocycles. The fourth-order valence-electron chi connectivity index (χ4n) is 3.16. The Bertz CT molecular complexity index is 851. The lowest BCUT2D eigenvalue weighted by atomic mass is 9.93. The molecule has 1 N–H and O–H groups in total. The Morgan fingerprint density at radius 2 is 2.07 bits per heavy atom. The minimum Gasteiger partial charge on any atom is -0.459 e. The minimum atomic E-state index is -0.519. The Morgan fingerprint density at radius 3 is 2.75 bits per heavy atom. The molecular formula is C21H24Cl2N2O2S. The summed E-state index contributed by atoms with van der Waals surface area (Å²) in [6.07, 6.45) is 2.59. The van der Waals surface area contributed by atoms with Crippen LogP contribution in [0.5, 0.6) is 0 Å². The van der Waals surface area contributed by atoms with E-state index in [-0.39, 0.29) is 11.9 Å². The molecule has 0 saturated heterocycles. The maximum absolute atomic E-state index is 12.8. The predicted octanol–water partition coefficient (Wildman–Crippen LogP) is 5.25. The first-order chi connectivity index (χ1) is 13.2. The Kier molecular flexibility index (Phi) is 6.92. The van der Waals surface area contributed by atoms with Crippen molar-refractivity contribution in [2.24, 2.45) is 0 Å². The number of aromatic nitrogens is 1. The van der Waals surface area contributed by atoms with E-state index in [2.05, 4.69) is 10.3 Å². The summed E-state index contributed by atoms with van der Waals surface area (Å²) in [6.45, 7) is 7.02. The van der Waals surface area contributed by atoms with Crippen LogP contribution < -0.4 is 5.32 Å². The molecule has 2 heterocycles. The summed E-state index contributed by atoms with van der Waals surface area (Å²) in [5.41, 5.74) is 2.67. The number of benzene rings is 1. The number of hydrogen-bond donors (Lipinski definition) is 1. The fourth-order valence-corrected chi connectivity index (χ4v) is 4.69. The summed E-state index contributed by atoms with van der Waals surface area (Å²) < 4.78 is 5.66. The number of hydrogen-bond acceptors (Lipinski definition) is 5. The third-order valence-corrected chi connectivity index (χ3v) is 6.27. The number of thioether (sulfide) groups is 1. The first kappa shape index (κ1) is 21.4. The molecule has 0 saturated carbocycles. The zero-order chi connectivity index (χ0) is 20.3. The second-order valence-corrected chi connectivity index (χ2v) is 9.54. The van der Waals surface area contributed by atoms with Crippen molar-refractivity contribution in [2.45, 2.75) is 49.4 Å². The number of nitrogens with one attached hydrogen (secondary N) is 1. The summed E-state index contributed by atoms with van der Waals surface area (Å²) in [4.78, 5) is 18.0. The SMILES string of the molecule is CC(C)(C)OC(=O)C1CNCCc2c1ccc(Cl)c2SCc1ccc(Cl)nc1. The van der Waals surface area contributed by atoms with Gasteiger partial charge < -0.3 is 10.1 Å². The topological polar surface area (TPSA) is 51.2 Å². The highest BCUT2D eigenvalue weighted by Gasteiger charge is 2.31. The first-order valence-corrected chi connectivity index (χ1v) is 11.0. The van der Waals surface area contributed by atoms with Gasteiger partial charge in [-0.1, -0.05) is 35.3 Å². The van der Waals surface area contributed by atoms with Gasteiger partial charge in [0.25, 0.3) is 0 Å². The molecule has 1 aliphatic rings. The van der Waals surface area contributed by atoms with E-state index in [0.29, 0.717) is 16.7 Å². The highest BCUT2D eigenvalue weighted by atomic mass is 35.5. The van der Waals surface area contributed by atoms with Gasteiger partial charge in [-0.3, -0.25) is 4.79 Å². The lowest BCUT2D eigenvalue weighted by Gasteiger charge is -2.25. The number of ether oxygens (including phenoxy) is 1. The van der Waals surface area contributed by atoms with Gasteiger partial charge in [0, 0.05) is 23.4 Å². The number of halogens is 2. The molecule has 3 rings (SSSR count). The number of carbonyl (C=O) groups excluding carboxylic acids is 1. The Morgan fingerprint density at radius 1 is 1.29 bits per heavy atom. The number of esters is 1. The normalized spacial score (nSPS) is 17.0. The van der Waals surface area contributed by atoms with E-state index < -0.39 is 5.60 Å². The van der Waals surface area contributed by atoms with Gasteiger partial charge in [0.2, 0.25) is 0 Å². The van der Waals surface area contributed by atoms with Gasteiger partial charge in [-0.2, -0.15) is 0 Å². The maximum atomic E-state index is 12.8.